The number of rotatable bonds is 4. The Labute approximate surface area is 313 Å². The van der Waals surface area contributed by atoms with Crippen LogP contribution >= 0.6 is 0 Å². The highest BCUT2D eigenvalue weighted by molar-refractivity contribution is 6.22. The van der Waals surface area contributed by atoms with Gasteiger partial charge in [0.1, 0.15) is 45.2 Å². The maximum Gasteiger partial charge on any atom is 0.170 e. The summed E-state index contributed by atoms with van der Waals surface area (Å²) in [5.74, 6) is 1.43. The molecule has 0 saturated carbocycles. The van der Waals surface area contributed by atoms with Gasteiger partial charge in [-0.05, 0) is 58.8 Å². The lowest BCUT2D eigenvalue weighted by molar-refractivity contribution is 0.666. The van der Waals surface area contributed by atoms with Gasteiger partial charge in [-0.2, -0.15) is 0 Å². The van der Waals surface area contributed by atoms with Crippen LogP contribution in [0.2, 0.25) is 0 Å². The summed E-state index contributed by atoms with van der Waals surface area (Å²) >= 11 is 0. The molecule has 11 aromatic rings. The number of para-hydroxylation sites is 4. The average Bonchev–Trinajstić information content (AvgIpc) is 3.94. The molecule has 0 saturated heterocycles. The summed E-state index contributed by atoms with van der Waals surface area (Å²) in [6.45, 7) is 0. The highest BCUT2D eigenvalue weighted by Crippen LogP contribution is 2.41. The van der Waals surface area contributed by atoms with E-state index < -0.39 is 6.17 Å². The number of fused-ring (bicyclic) bond motifs is 10. The number of aliphatic imine (C=N–C) groups is 2. The second kappa shape index (κ2) is 11.5. The van der Waals surface area contributed by atoms with Gasteiger partial charge in [0.2, 0.25) is 0 Å². The van der Waals surface area contributed by atoms with Gasteiger partial charge in [-0.25, -0.2) is 9.98 Å². The number of hydrogen-bond acceptors (Lipinski definition) is 6. The van der Waals surface area contributed by atoms with Crippen LogP contribution in [0.5, 0.6) is 0 Å². The monoisotopic (exact) mass is 707 g/mol. The average molecular weight is 708 g/mol. The van der Waals surface area contributed by atoms with Crippen LogP contribution in [0.3, 0.4) is 0 Å². The highest BCUT2D eigenvalue weighted by atomic mass is 16.3. The molecule has 0 amide bonds. The Morgan fingerprint density at radius 1 is 0.400 bits per heavy atom. The first kappa shape index (κ1) is 30.1. The fraction of sp³-hybridized carbons (Fsp3) is 0.0204. The third-order valence-corrected chi connectivity index (χ3v) is 10.9. The first-order valence-corrected chi connectivity index (χ1v) is 18.4. The van der Waals surface area contributed by atoms with Crippen molar-refractivity contribution in [3.8, 4) is 11.1 Å². The molecule has 3 aromatic heterocycles. The summed E-state index contributed by atoms with van der Waals surface area (Å²) in [4.78, 5) is 10.7. The Kier molecular flexibility index (Phi) is 6.30. The fourth-order valence-corrected chi connectivity index (χ4v) is 8.35. The van der Waals surface area contributed by atoms with Crippen molar-refractivity contribution in [3.63, 3.8) is 0 Å². The van der Waals surface area contributed by atoms with Gasteiger partial charge in [0.15, 0.2) is 6.17 Å². The summed E-state index contributed by atoms with van der Waals surface area (Å²) in [6, 6.07) is 56.3. The van der Waals surface area contributed by atoms with Crippen LogP contribution in [-0.2, 0) is 0 Å². The Morgan fingerprint density at radius 2 is 1.02 bits per heavy atom. The quantitative estimate of drug-likeness (QED) is 0.198. The number of nitrogens with zero attached hydrogens (tertiary/aromatic N) is 2. The molecule has 1 aliphatic heterocycles. The summed E-state index contributed by atoms with van der Waals surface area (Å²) in [5, 5.41) is 12.2. The molecule has 55 heavy (non-hydrogen) atoms. The molecule has 1 aliphatic rings. The van der Waals surface area contributed by atoms with Crippen molar-refractivity contribution in [2.24, 2.45) is 9.98 Å². The van der Waals surface area contributed by atoms with Crippen LogP contribution in [0.15, 0.2) is 187 Å². The van der Waals surface area contributed by atoms with Crippen molar-refractivity contribution < 1.29 is 13.3 Å². The number of benzene rings is 8. The van der Waals surface area contributed by atoms with Gasteiger partial charge in [-0.3, -0.25) is 0 Å². The maximum absolute atomic E-state index is 6.62. The lowest BCUT2D eigenvalue weighted by Gasteiger charge is -2.23. The molecule has 0 spiro atoms. The van der Waals surface area contributed by atoms with Crippen molar-refractivity contribution in [1.82, 2.24) is 5.32 Å². The third-order valence-electron chi connectivity index (χ3n) is 10.9. The van der Waals surface area contributed by atoms with E-state index in [0.717, 1.165) is 105 Å². The zero-order valence-electron chi connectivity index (χ0n) is 29.3. The molecule has 8 aromatic carbocycles. The van der Waals surface area contributed by atoms with Crippen molar-refractivity contribution in [2.45, 2.75) is 6.17 Å². The van der Waals surface area contributed by atoms with Gasteiger partial charge in [0.25, 0.3) is 0 Å². The smallest absolute Gasteiger partial charge is 0.170 e. The minimum atomic E-state index is -0.564. The Morgan fingerprint density at radius 3 is 1.82 bits per heavy atom. The first-order valence-electron chi connectivity index (χ1n) is 18.4. The van der Waals surface area contributed by atoms with Crippen LogP contribution in [0.25, 0.3) is 87.7 Å². The van der Waals surface area contributed by atoms with Crippen molar-refractivity contribution >= 4 is 88.3 Å². The van der Waals surface area contributed by atoms with Gasteiger partial charge >= 0.3 is 0 Å². The molecule has 1 unspecified atom stereocenters. The van der Waals surface area contributed by atoms with E-state index >= 15 is 0 Å². The molecule has 6 heteroatoms. The summed E-state index contributed by atoms with van der Waals surface area (Å²) in [7, 11) is 0. The molecule has 12 rings (SSSR count). The number of furan rings is 3. The van der Waals surface area contributed by atoms with Crippen LogP contribution < -0.4 is 5.32 Å². The fourth-order valence-electron chi connectivity index (χ4n) is 8.35. The van der Waals surface area contributed by atoms with E-state index in [4.69, 9.17) is 23.2 Å². The van der Waals surface area contributed by atoms with E-state index in [0.29, 0.717) is 5.84 Å². The van der Waals surface area contributed by atoms with Gasteiger partial charge in [0, 0.05) is 49.0 Å². The lowest BCUT2D eigenvalue weighted by atomic mass is 9.99. The van der Waals surface area contributed by atoms with E-state index in [9.17, 15) is 0 Å². The van der Waals surface area contributed by atoms with Crippen LogP contribution in [0.4, 0.5) is 0 Å². The maximum atomic E-state index is 6.62. The molecule has 0 bridgehead atoms. The van der Waals surface area contributed by atoms with Crippen LogP contribution in [0.1, 0.15) is 22.9 Å². The van der Waals surface area contributed by atoms with E-state index in [1.807, 2.05) is 48.5 Å². The molecule has 1 atom stereocenters. The van der Waals surface area contributed by atoms with Crippen LogP contribution in [-0.4, -0.2) is 11.7 Å². The van der Waals surface area contributed by atoms with E-state index in [-0.39, 0.29) is 0 Å². The molecule has 258 valence electrons. The molecule has 0 aliphatic carbocycles. The Hall–Kier alpha value is -7.44. The minimum Gasteiger partial charge on any atom is -0.456 e. The minimum absolute atomic E-state index is 0.564. The first-order chi connectivity index (χ1) is 27.2. The molecular formula is C49H29N3O3. The number of nitrogens with one attached hydrogen (secondary N) is 1. The Balaban J connectivity index is 1.04. The SMILES string of the molecule is c1ccc2cc(C3=NC(c4cccc5oc6cc(-c7cccc8c7oc7ccccc78)ccc6c45)N=C(c4cccc5c4oc4ccccc45)N3)ccc2c1. The third kappa shape index (κ3) is 4.61. The molecule has 0 radical (unpaired) electrons. The van der Waals surface area contributed by atoms with Gasteiger partial charge < -0.3 is 18.6 Å². The standard InChI is InChI=1S/C49H29N3O3/c1-2-11-29-26-31(23-22-28(29)10-1)47-50-48(52-49(51-47)39-18-8-16-36-34-13-4-6-20-41(34)55-46(36)39)38-17-9-21-42-44(38)37-25-24-30(27-43(37)53-42)32-14-7-15-35-33-12-3-5-19-40(33)54-45(32)35/h1-27,48H,(H,50,51,52). The van der Waals surface area contributed by atoms with Crippen molar-refractivity contribution in [1.29, 1.82) is 0 Å². The van der Waals surface area contributed by atoms with Gasteiger partial charge in [-0.1, -0.05) is 121 Å². The van der Waals surface area contributed by atoms with Crippen molar-refractivity contribution in [3.05, 3.63) is 180 Å². The molecule has 0 fully saturated rings. The number of hydrogen-bond donors (Lipinski definition) is 1. The summed E-state index contributed by atoms with van der Waals surface area (Å²) < 4.78 is 19.5. The summed E-state index contributed by atoms with van der Waals surface area (Å²) in [5.41, 5.74) is 9.79. The predicted octanol–water partition coefficient (Wildman–Crippen LogP) is 12.7. The molecule has 4 heterocycles. The van der Waals surface area contributed by atoms with E-state index in [1.54, 1.807) is 0 Å². The number of amidine groups is 2. The van der Waals surface area contributed by atoms with Gasteiger partial charge in [-0.15, -0.1) is 0 Å². The zero-order chi connectivity index (χ0) is 36.0. The van der Waals surface area contributed by atoms with E-state index in [2.05, 4.69) is 121 Å². The normalized spacial score (nSPS) is 14.7. The van der Waals surface area contributed by atoms with Gasteiger partial charge in [0.05, 0.1) is 5.56 Å². The topological polar surface area (TPSA) is 76.2 Å². The highest BCUT2D eigenvalue weighted by Gasteiger charge is 2.26. The van der Waals surface area contributed by atoms with E-state index in [1.165, 1.54) is 5.39 Å². The van der Waals surface area contributed by atoms with Crippen LogP contribution in [0, 0.1) is 0 Å². The molecule has 1 N–H and O–H groups in total. The lowest BCUT2D eigenvalue weighted by Crippen LogP contribution is -2.36. The second-order valence-corrected chi connectivity index (χ2v) is 14.1. The zero-order valence-corrected chi connectivity index (χ0v) is 29.3. The molecular weight excluding hydrogens is 679 g/mol. The predicted molar refractivity (Wildman–Crippen MR) is 223 cm³/mol. The van der Waals surface area contributed by atoms with Crippen molar-refractivity contribution in [2.75, 3.05) is 0 Å². The summed E-state index contributed by atoms with van der Waals surface area (Å²) in [6.07, 6.45) is -0.564. The largest absolute Gasteiger partial charge is 0.456 e. The second-order valence-electron chi connectivity index (χ2n) is 14.1. The molecule has 6 nitrogen and oxygen atoms in total. The Bertz CT molecular complexity index is 3430.